The molecule has 74 valence electrons. The van der Waals surface area contributed by atoms with Crippen LogP contribution in [0, 0.1) is 10.1 Å². The number of rotatable bonds is 5. The minimum atomic E-state index is -0.456. The Morgan fingerprint density at radius 3 is 2.50 bits per heavy atom. The van der Waals surface area contributed by atoms with Crippen LogP contribution in [0.3, 0.4) is 0 Å². The second-order valence-electron chi connectivity index (χ2n) is 3.08. The maximum absolute atomic E-state index is 10.4. The Kier molecular flexibility index (Phi) is 4.93. The van der Waals surface area contributed by atoms with Crippen molar-refractivity contribution in [1.29, 1.82) is 0 Å². The molecule has 0 unspecified atom stereocenters. The van der Waals surface area contributed by atoms with Crippen LogP contribution in [0.15, 0.2) is 24.3 Å². The Hall–Kier alpha value is -0.581. The molecule has 1 aromatic rings. The van der Waals surface area contributed by atoms with Crippen LogP contribution in [0.1, 0.15) is 19.8 Å². The normalized spacial score (nSPS) is 10.1. The third-order valence-electron chi connectivity index (χ3n) is 1.94. The van der Waals surface area contributed by atoms with E-state index >= 15 is 0 Å². The van der Waals surface area contributed by atoms with Crippen molar-refractivity contribution in [2.24, 2.45) is 0 Å². The predicted octanol–water partition coefficient (Wildman–Crippen LogP) is 2.14. The van der Waals surface area contributed by atoms with Crippen LogP contribution in [-0.2, 0) is 0 Å². The Bertz CT molecular complexity index is 297. The molecule has 14 heavy (non-hydrogen) atoms. The van der Waals surface area contributed by atoms with Crippen molar-refractivity contribution in [3.8, 4) is 0 Å². The van der Waals surface area contributed by atoms with E-state index in [1.54, 1.807) is 12.1 Å². The molecule has 0 amide bonds. The van der Waals surface area contributed by atoms with Gasteiger partial charge in [0.1, 0.15) is 0 Å². The van der Waals surface area contributed by atoms with Crippen LogP contribution < -0.4 is 3.58 Å². The standard InChI is InChI=1S/C6H4NO2.C4H9.Sn/c8-7(9)6-4-2-1-3-5-6;1-3-4-2;/h2-5H;1,3-4H2,2H3;. The van der Waals surface area contributed by atoms with Gasteiger partial charge in [-0.3, -0.25) is 0 Å². The number of non-ortho nitro benzene ring substituents is 1. The van der Waals surface area contributed by atoms with Gasteiger partial charge in [-0.05, 0) is 0 Å². The molecule has 0 aromatic heterocycles. The van der Waals surface area contributed by atoms with E-state index in [9.17, 15) is 10.1 Å². The topological polar surface area (TPSA) is 43.1 Å². The second-order valence-corrected chi connectivity index (χ2v) is 7.17. The van der Waals surface area contributed by atoms with E-state index in [4.69, 9.17) is 0 Å². The summed E-state index contributed by atoms with van der Waals surface area (Å²) in [6, 6.07) is 7.06. The molecule has 1 rings (SSSR count). The van der Waals surface area contributed by atoms with E-state index in [0.29, 0.717) is 0 Å². The molecule has 0 atom stereocenters. The molecule has 1 aromatic carbocycles. The molecule has 0 aliphatic heterocycles. The van der Waals surface area contributed by atoms with E-state index < -0.39 is 21.1 Å². The molecular formula is C10H13NO2Sn. The summed E-state index contributed by atoms with van der Waals surface area (Å²) in [5.41, 5.74) is 0.198. The van der Waals surface area contributed by atoms with Gasteiger partial charge in [-0.15, -0.1) is 0 Å². The molecule has 0 N–H and O–H groups in total. The quantitative estimate of drug-likeness (QED) is 0.362. The number of hydrogen-bond acceptors (Lipinski definition) is 2. The first-order valence-corrected chi connectivity index (χ1v) is 8.17. The summed E-state index contributed by atoms with van der Waals surface area (Å²) < 4.78 is 2.69. The van der Waals surface area contributed by atoms with E-state index in [1.807, 2.05) is 12.1 Å². The van der Waals surface area contributed by atoms with Crippen molar-refractivity contribution in [2.45, 2.75) is 24.2 Å². The van der Waals surface area contributed by atoms with Gasteiger partial charge in [-0.25, -0.2) is 0 Å². The zero-order valence-corrected chi connectivity index (χ0v) is 11.0. The Morgan fingerprint density at radius 1 is 1.36 bits per heavy atom. The van der Waals surface area contributed by atoms with Crippen LogP contribution >= 0.6 is 0 Å². The summed E-state index contributed by atoms with van der Waals surface area (Å²) >= 11 is -0.456. The summed E-state index contributed by atoms with van der Waals surface area (Å²) in [5, 5.41) is 10.4. The van der Waals surface area contributed by atoms with Gasteiger partial charge >= 0.3 is 93.9 Å². The van der Waals surface area contributed by atoms with Gasteiger partial charge in [0.25, 0.3) is 0 Å². The molecule has 0 bridgehead atoms. The predicted molar refractivity (Wildman–Crippen MR) is 58.2 cm³/mol. The Balaban J connectivity index is 2.51. The molecule has 2 radical (unpaired) electrons. The molecular weight excluding hydrogens is 285 g/mol. The summed E-state index contributed by atoms with van der Waals surface area (Å²) in [5.74, 6) is 0. The first kappa shape index (κ1) is 11.5. The van der Waals surface area contributed by atoms with Crippen molar-refractivity contribution in [1.82, 2.24) is 0 Å². The van der Waals surface area contributed by atoms with Gasteiger partial charge in [0.2, 0.25) is 0 Å². The number of unbranched alkanes of at least 4 members (excludes halogenated alkanes) is 1. The van der Waals surface area contributed by atoms with Crippen LogP contribution in [0.5, 0.6) is 0 Å². The first-order chi connectivity index (χ1) is 6.74. The van der Waals surface area contributed by atoms with E-state index in [0.717, 1.165) is 0 Å². The summed E-state index contributed by atoms with van der Waals surface area (Å²) in [6.07, 6.45) is 2.54. The van der Waals surface area contributed by atoms with E-state index in [-0.39, 0.29) is 10.6 Å². The number of nitro groups is 1. The van der Waals surface area contributed by atoms with Crippen LogP contribution in [0.2, 0.25) is 4.44 Å². The fourth-order valence-corrected chi connectivity index (χ4v) is 4.60. The third-order valence-corrected chi connectivity index (χ3v) is 5.78. The molecule has 0 spiro atoms. The molecule has 0 aliphatic rings. The van der Waals surface area contributed by atoms with Gasteiger partial charge in [-0.1, -0.05) is 0 Å². The van der Waals surface area contributed by atoms with E-state index in [1.165, 1.54) is 20.9 Å². The Labute approximate surface area is 93.9 Å². The molecule has 4 heteroatoms. The molecule has 0 fully saturated rings. The van der Waals surface area contributed by atoms with Crippen molar-refractivity contribution < 1.29 is 4.92 Å². The monoisotopic (exact) mass is 299 g/mol. The van der Waals surface area contributed by atoms with Crippen LogP contribution in [-0.4, -0.2) is 26.1 Å². The zero-order chi connectivity index (χ0) is 10.4. The molecule has 0 aliphatic carbocycles. The van der Waals surface area contributed by atoms with Gasteiger partial charge in [0.05, 0.1) is 0 Å². The van der Waals surface area contributed by atoms with Crippen molar-refractivity contribution >= 4 is 30.4 Å². The van der Waals surface area contributed by atoms with Gasteiger partial charge in [-0.2, -0.15) is 0 Å². The average Bonchev–Trinajstić information content (AvgIpc) is 2.19. The maximum atomic E-state index is 10.4. The number of hydrogen-bond donors (Lipinski definition) is 0. The summed E-state index contributed by atoms with van der Waals surface area (Å²) in [4.78, 5) is 10.0. The molecule has 0 heterocycles. The summed E-state index contributed by atoms with van der Waals surface area (Å²) in [7, 11) is 0. The fourth-order valence-electron chi connectivity index (χ4n) is 1.11. The van der Waals surface area contributed by atoms with Crippen molar-refractivity contribution in [3.05, 3.63) is 34.4 Å². The SMILES string of the molecule is CCC[CH2][Sn][c]1ccc([N+](=O)[O-])cc1. The van der Waals surface area contributed by atoms with Gasteiger partial charge in [0, 0.05) is 0 Å². The second kappa shape index (κ2) is 6.01. The fraction of sp³-hybridized carbons (Fsp3) is 0.400. The van der Waals surface area contributed by atoms with Crippen LogP contribution in [0.4, 0.5) is 5.69 Å². The van der Waals surface area contributed by atoms with Gasteiger partial charge in [0.15, 0.2) is 0 Å². The number of nitrogens with zero attached hydrogens (tertiary/aromatic N) is 1. The third kappa shape index (κ3) is 3.65. The molecule has 3 nitrogen and oxygen atoms in total. The zero-order valence-electron chi connectivity index (χ0n) is 8.19. The minimum absolute atomic E-state index is 0.198. The molecule has 0 saturated carbocycles. The van der Waals surface area contributed by atoms with Crippen LogP contribution in [0.25, 0.3) is 0 Å². The number of nitro benzene ring substituents is 1. The molecule has 0 saturated heterocycles. The van der Waals surface area contributed by atoms with Crippen molar-refractivity contribution in [3.63, 3.8) is 0 Å². The average molecular weight is 298 g/mol. The van der Waals surface area contributed by atoms with E-state index in [2.05, 4.69) is 6.92 Å². The Morgan fingerprint density at radius 2 is 2.00 bits per heavy atom. The number of benzene rings is 1. The first-order valence-electron chi connectivity index (χ1n) is 4.72. The summed E-state index contributed by atoms with van der Waals surface area (Å²) in [6.45, 7) is 2.19. The van der Waals surface area contributed by atoms with Gasteiger partial charge < -0.3 is 0 Å². The van der Waals surface area contributed by atoms with Crippen molar-refractivity contribution in [2.75, 3.05) is 0 Å².